The molecule has 3 rings (SSSR count). The lowest BCUT2D eigenvalue weighted by molar-refractivity contribution is -0.137. The van der Waals surface area contributed by atoms with Crippen LogP contribution in [0.4, 0.5) is 17.6 Å². The number of fused-ring (bicyclic) bond motifs is 1. The molecule has 3 aromatic rings. The molecule has 23 heavy (non-hydrogen) atoms. The van der Waals surface area contributed by atoms with E-state index >= 15 is 0 Å². The SMILES string of the molecule is Oc1cc2ccn(Cc3ccc(Cl)c(C(F)(F)F)c3)c2cc1F. The molecule has 1 N–H and O–H groups in total. The van der Waals surface area contributed by atoms with Crippen LogP contribution in [-0.4, -0.2) is 9.67 Å². The van der Waals surface area contributed by atoms with Crippen molar-refractivity contribution in [2.75, 3.05) is 0 Å². The molecule has 0 unspecified atom stereocenters. The minimum atomic E-state index is -4.54. The van der Waals surface area contributed by atoms with Crippen molar-refractivity contribution < 1.29 is 22.7 Å². The van der Waals surface area contributed by atoms with Gasteiger partial charge in [0.1, 0.15) is 0 Å². The fourth-order valence-electron chi connectivity index (χ4n) is 2.42. The molecule has 0 bridgehead atoms. The number of halogens is 5. The first-order valence-electron chi connectivity index (χ1n) is 6.58. The van der Waals surface area contributed by atoms with Gasteiger partial charge in [-0.15, -0.1) is 0 Å². The van der Waals surface area contributed by atoms with Crippen LogP contribution in [0.15, 0.2) is 42.6 Å². The maximum Gasteiger partial charge on any atom is 0.417 e. The van der Waals surface area contributed by atoms with Gasteiger partial charge in [-0.2, -0.15) is 13.2 Å². The maximum absolute atomic E-state index is 13.5. The predicted octanol–water partition coefficient (Wildman–Crippen LogP) is 5.21. The number of hydrogen-bond donors (Lipinski definition) is 1. The average Bonchev–Trinajstić information content (AvgIpc) is 2.83. The number of benzene rings is 2. The normalized spacial score (nSPS) is 12.0. The van der Waals surface area contributed by atoms with E-state index in [1.807, 2.05) is 0 Å². The van der Waals surface area contributed by atoms with Crippen molar-refractivity contribution in [3.63, 3.8) is 0 Å². The molecule has 2 aromatic carbocycles. The van der Waals surface area contributed by atoms with Gasteiger partial charge >= 0.3 is 6.18 Å². The summed E-state index contributed by atoms with van der Waals surface area (Å²) < 4.78 is 53.8. The lowest BCUT2D eigenvalue weighted by Crippen LogP contribution is -2.07. The van der Waals surface area contributed by atoms with Gasteiger partial charge in [-0.05, 0) is 29.8 Å². The highest BCUT2D eigenvalue weighted by atomic mass is 35.5. The first kappa shape index (κ1) is 15.7. The summed E-state index contributed by atoms with van der Waals surface area (Å²) in [4.78, 5) is 0. The quantitative estimate of drug-likeness (QED) is 0.635. The first-order chi connectivity index (χ1) is 10.8. The zero-order chi connectivity index (χ0) is 16.8. The van der Waals surface area contributed by atoms with Crippen LogP contribution in [0.3, 0.4) is 0 Å². The van der Waals surface area contributed by atoms with Crippen molar-refractivity contribution in [1.29, 1.82) is 0 Å². The summed E-state index contributed by atoms with van der Waals surface area (Å²) in [6, 6.07) is 7.72. The van der Waals surface area contributed by atoms with Gasteiger partial charge in [0, 0.05) is 24.2 Å². The minimum absolute atomic E-state index is 0.119. The largest absolute Gasteiger partial charge is 0.505 e. The van der Waals surface area contributed by atoms with Crippen LogP contribution in [0.5, 0.6) is 5.75 Å². The second-order valence-corrected chi connectivity index (χ2v) is 5.53. The Morgan fingerprint density at radius 1 is 1.09 bits per heavy atom. The molecule has 7 heteroatoms. The Morgan fingerprint density at radius 2 is 1.83 bits per heavy atom. The summed E-state index contributed by atoms with van der Waals surface area (Å²) in [6.45, 7) is 0.119. The van der Waals surface area contributed by atoms with Crippen LogP contribution in [0.1, 0.15) is 11.1 Å². The molecule has 0 saturated heterocycles. The highest BCUT2D eigenvalue weighted by Crippen LogP contribution is 2.35. The Hall–Kier alpha value is -2.21. The van der Waals surface area contributed by atoms with Crippen LogP contribution in [-0.2, 0) is 12.7 Å². The highest BCUT2D eigenvalue weighted by molar-refractivity contribution is 6.31. The van der Waals surface area contributed by atoms with Crippen LogP contribution in [0.25, 0.3) is 10.9 Å². The van der Waals surface area contributed by atoms with Gasteiger partial charge in [0.2, 0.25) is 0 Å². The summed E-state index contributed by atoms with van der Waals surface area (Å²) in [5, 5.41) is 9.57. The van der Waals surface area contributed by atoms with Gasteiger partial charge in [-0.25, -0.2) is 4.39 Å². The maximum atomic E-state index is 13.5. The Balaban J connectivity index is 2.01. The van der Waals surface area contributed by atoms with Crippen molar-refractivity contribution in [2.45, 2.75) is 12.7 Å². The third kappa shape index (κ3) is 2.99. The fraction of sp³-hybridized carbons (Fsp3) is 0.125. The second-order valence-electron chi connectivity index (χ2n) is 5.12. The molecular weight excluding hydrogens is 334 g/mol. The number of nitrogens with zero attached hydrogens (tertiary/aromatic N) is 1. The molecule has 0 atom stereocenters. The van der Waals surface area contributed by atoms with Gasteiger partial charge in [-0.1, -0.05) is 17.7 Å². The first-order valence-corrected chi connectivity index (χ1v) is 6.96. The van der Waals surface area contributed by atoms with E-state index in [1.165, 1.54) is 18.2 Å². The smallest absolute Gasteiger partial charge is 0.417 e. The third-order valence-electron chi connectivity index (χ3n) is 3.53. The van der Waals surface area contributed by atoms with Crippen LogP contribution in [0.2, 0.25) is 5.02 Å². The molecule has 0 radical (unpaired) electrons. The Labute approximate surface area is 133 Å². The van der Waals surface area contributed by atoms with Gasteiger partial charge in [0.25, 0.3) is 0 Å². The highest BCUT2D eigenvalue weighted by Gasteiger charge is 2.33. The van der Waals surface area contributed by atoms with Crippen LogP contribution in [0, 0.1) is 5.82 Å². The van der Waals surface area contributed by atoms with Crippen molar-refractivity contribution in [3.05, 3.63) is 64.6 Å². The van der Waals surface area contributed by atoms with E-state index in [-0.39, 0.29) is 11.6 Å². The zero-order valence-electron chi connectivity index (χ0n) is 11.5. The number of alkyl halides is 3. The van der Waals surface area contributed by atoms with E-state index in [0.29, 0.717) is 16.5 Å². The summed E-state index contributed by atoms with van der Waals surface area (Å²) in [5.41, 5.74) is -0.0477. The molecule has 0 fully saturated rings. The molecule has 0 aliphatic heterocycles. The van der Waals surface area contributed by atoms with E-state index in [2.05, 4.69) is 0 Å². The second kappa shape index (κ2) is 5.45. The van der Waals surface area contributed by atoms with Gasteiger partial charge in [-0.3, -0.25) is 0 Å². The predicted molar refractivity (Wildman–Crippen MR) is 79.1 cm³/mol. The molecule has 1 heterocycles. The summed E-state index contributed by atoms with van der Waals surface area (Å²) in [5.74, 6) is -1.26. The molecule has 120 valence electrons. The molecule has 0 aliphatic rings. The topological polar surface area (TPSA) is 25.2 Å². The van der Waals surface area contributed by atoms with E-state index < -0.39 is 23.3 Å². The van der Waals surface area contributed by atoms with E-state index in [0.717, 1.165) is 12.1 Å². The van der Waals surface area contributed by atoms with Crippen LogP contribution < -0.4 is 0 Å². The van der Waals surface area contributed by atoms with Gasteiger partial charge in [0.15, 0.2) is 11.6 Å². The number of aromatic nitrogens is 1. The Kier molecular flexibility index (Phi) is 3.72. The fourth-order valence-corrected chi connectivity index (χ4v) is 2.65. The van der Waals surface area contributed by atoms with Gasteiger partial charge in [0.05, 0.1) is 16.1 Å². The molecule has 0 saturated carbocycles. The minimum Gasteiger partial charge on any atom is -0.505 e. The number of phenols is 1. The summed E-state index contributed by atoms with van der Waals surface area (Å²) >= 11 is 5.59. The zero-order valence-corrected chi connectivity index (χ0v) is 12.3. The third-order valence-corrected chi connectivity index (χ3v) is 3.86. The van der Waals surface area contributed by atoms with Crippen molar-refractivity contribution in [1.82, 2.24) is 4.57 Å². The van der Waals surface area contributed by atoms with Gasteiger partial charge < -0.3 is 9.67 Å². The molecule has 0 amide bonds. The van der Waals surface area contributed by atoms with Crippen molar-refractivity contribution in [2.24, 2.45) is 0 Å². The Morgan fingerprint density at radius 3 is 2.52 bits per heavy atom. The monoisotopic (exact) mass is 343 g/mol. The van der Waals surface area contributed by atoms with E-state index in [9.17, 15) is 22.7 Å². The lowest BCUT2D eigenvalue weighted by Gasteiger charge is -2.12. The number of phenolic OH excluding ortho intramolecular Hbond substituents is 1. The Bertz CT molecular complexity index is 886. The molecule has 0 aliphatic carbocycles. The van der Waals surface area contributed by atoms with E-state index in [1.54, 1.807) is 16.8 Å². The molecule has 2 nitrogen and oxygen atoms in total. The summed E-state index contributed by atoms with van der Waals surface area (Å²) in [7, 11) is 0. The standard InChI is InChI=1S/C16H10ClF4NO/c17-12-2-1-9(5-11(12)16(19,20)21)8-22-4-3-10-6-15(23)13(18)7-14(10)22/h1-7,23H,8H2. The average molecular weight is 344 g/mol. The van der Waals surface area contributed by atoms with Crippen molar-refractivity contribution >= 4 is 22.5 Å². The molecular formula is C16H10ClF4NO. The van der Waals surface area contributed by atoms with Crippen LogP contribution >= 0.6 is 11.6 Å². The number of hydrogen-bond acceptors (Lipinski definition) is 1. The number of aromatic hydroxyl groups is 1. The molecule has 0 spiro atoms. The number of rotatable bonds is 2. The van der Waals surface area contributed by atoms with E-state index in [4.69, 9.17) is 11.6 Å². The van der Waals surface area contributed by atoms with Crippen molar-refractivity contribution in [3.8, 4) is 5.75 Å². The molecule has 1 aromatic heterocycles. The summed E-state index contributed by atoms with van der Waals surface area (Å²) in [6.07, 6.45) is -2.92. The lowest BCUT2D eigenvalue weighted by atomic mass is 10.1.